The summed E-state index contributed by atoms with van der Waals surface area (Å²) >= 11 is 0. The number of hydrogen-bond donors (Lipinski definition) is 0. The van der Waals surface area contributed by atoms with Crippen LogP contribution in [0.15, 0.2) is 231 Å². The molecule has 0 fully saturated rings. The summed E-state index contributed by atoms with van der Waals surface area (Å²) in [4.78, 5) is 20.8. The van der Waals surface area contributed by atoms with Crippen molar-refractivity contribution in [3.05, 3.63) is 231 Å². The quantitative estimate of drug-likeness (QED) is 0.157. The van der Waals surface area contributed by atoms with Crippen LogP contribution in [0.2, 0.25) is 0 Å². The van der Waals surface area contributed by atoms with E-state index < -0.39 is 0 Å². The molecule has 306 valence electrons. The van der Waals surface area contributed by atoms with E-state index in [1.165, 1.54) is 26.9 Å². The lowest BCUT2D eigenvalue weighted by atomic mass is 9.89. The van der Waals surface area contributed by atoms with Gasteiger partial charge in [-0.25, -0.2) is 19.9 Å². The summed E-state index contributed by atoms with van der Waals surface area (Å²) in [6, 6.07) is 81.7. The first-order valence-corrected chi connectivity index (χ1v) is 22.4. The van der Waals surface area contributed by atoms with Crippen LogP contribution in [0.5, 0.6) is 0 Å². The Hall–Kier alpha value is -8.86. The second kappa shape index (κ2) is 15.4. The molecule has 4 heteroatoms. The van der Waals surface area contributed by atoms with Gasteiger partial charge in [0.25, 0.3) is 0 Å². The molecule has 0 bridgehead atoms. The minimum Gasteiger partial charge on any atom is -0.248 e. The van der Waals surface area contributed by atoms with Gasteiger partial charge >= 0.3 is 0 Å². The van der Waals surface area contributed by atoms with E-state index in [1.807, 2.05) is 24.3 Å². The standard InChI is InChI=1S/C62H38N4/c1-2-14-46-35-47(30-21-39(46)11-1)62-53-38-52(49-15-5-6-16-50(49)61(53)51-17-7-10-20-58(51)66-62)48-36-59(44-26-22-42(23-27-44)56-33-31-40-12-3-8-18-54(40)63-56)65-60(37-48)45-28-24-43(25-29-45)57-34-32-41-13-4-9-19-55(41)64-57/h1-38H. The van der Waals surface area contributed by atoms with E-state index >= 15 is 0 Å². The Morgan fingerprint density at radius 1 is 0.227 bits per heavy atom. The second-order valence-corrected chi connectivity index (χ2v) is 17.0. The molecule has 4 aromatic heterocycles. The normalized spacial score (nSPS) is 11.6. The molecule has 0 aliphatic heterocycles. The summed E-state index contributed by atoms with van der Waals surface area (Å²) in [5.41, 5.74) is 15.0. The van der Waals surface area contributed by atoms with Crippen molar-refractivity contribution in [3.8, 4) is 67.4 Å². The van der Waals surface area contributed by atoms with Gasteiger partial charge in [0, 0.05) is 54.7 Å². The van der Waals surface area contributed by atoms with Crippen molar-refractivity contribution in [2.24, 2.45) is 0 Å². The van der Waals surface area contributed by atoms with Crippen LogP contribution < -0.4 is 0 Å². The van der Waals surface area contributed by atoms with Crippen molar-refractivity contribution < 1.29 is 0 Å². The Kier molecular flexibility index (Phi) is 8.81. The molecule has 13 rings (SSSR count). The molecule has 4 heterocycles. The first kappa shape index (κ1) is 37.7. The predicted octanol–water partition coefficient (Wildman–Crippen LogP) is 16.2. The maximum absolute atomic E-state index is 5.43. The lowest BCUT2D eigenvalue weighted by Crippen LogP contribution is -1.95. The number of nitrogens with zero attached hydrogens (tertiary/aromatic N) is 4. The highest BCUT2D eigenvalue weighted by molar-refractivity contribution is 6.25. The molecule has 0 unspecified atom stereocenters. The van der Waals surface area contributed by atoms with Gasteiger partial charge in [0.15, 0.2) is 0 Å². The zero-order chi connectivity index (χ0) is 43.6. The lowest BCUT2D eigenvalue weighted by Gasteiger charge is -2.17. The molecule has 66 heavy (non-hydrogen) atoms. The fraction of sp³-hybridized carbons (Fsp3) is 0. The Bertz CT molecular complexity index is 3900. The van der Waals surface area contributed by atoms with Crippen molar-refractivity contribution in [2.75, 3.05) is 0 Å². The van der Waals surface area contributed by atoms with E-state index in [9.17, 15) is 0 Å². The number of rotatable bonds is 6. The summed E-state index contributed by atoms with van der Waals surface area (Å²) < 4.78 is 0. The van der Waals surface area contributed by atoms with Crippen molar-refractivity contribution in [1.82, 2.24) is 19.9 Å². The van der Waals surface area contributed by atoms with Crippen LogP contribution in [-0.4, -0.2) is 19.9 Å². The molecule has 0 aliphatic rings. The molecular weight excluding hydrogens is 801 g/mol. The van der Waals surface area contributed by atoms with E-state index in [0.717, 1.165) is 106 Å². The number of pyridine rings is 4. The maximum atomic E-state index is 5.43. The van der Waals surface area contributed by atoms with Gasteiger partial charge in [-0.05, 0) is 87.3 Å². The van der Waals surface area contributed by atoms with Gasteiger partial charge in [0.1, 0.15) is 0 Å². The minimum atomic E-state index is 0.886. The highest BCUT2D eigenvalue weighted by Crippen LogP contribution is 2.43. The van der Waals surface area contributed by atoms with Crippen LogP contribution in [0.4, 0.5) is 0 Å². The first-order valence-electron chi connectivity index (χ1n) is 22.4. The highest BCUT2D eigenvalue weighted by Gasteiger charge is 2.19. The SMILES string of the molecule is c1ccc2cc(-c3nc4ccccc4c4c3cc(-c3cc(-c5ccc(-c6ccc7ccccc7n6)cc5)nc(-c5ccc(-c6ccc7ccccc7n6)cc5)c3)c3ccccc34)ccc2c1. The van der Waals surface area contributed by atoms with Crippen molar-refractivity contribution in [2.45, 2.75) is 0 Å². The lowest BCUT2D eigenvalue weighted by molar-refractivity contribution is 1.32. The smallest absolute Gasteiger partial charge is 0.0788 e. The third-order valence-corrected chi connectivity index (χ3v) is 13.0. The molecular formula is C62H38N4. The van der Waals surface area contributed by atoms with Gasteiger partial charge in [0.05, 0.1) is 45.0 Å². The first-order chi connectivity index (χ1) is 32.7. The van der Waals surface area contributed by atoms with Gasteiger partial charge in [0.2, 0.25) is 0 Å². The van der Waals surface area contributed by atoms with Crippen molar-refractivity contribution >= 4 is 65.0 Å². The number of aromatic nitrogens is 4. The Morgan fingerprint density at radius 3 is 1.29 bits per heavy atom. The molecule has 0 amide bonds. The van der Waals surface area contributed by atoms with Crippen molar-refractivity contribution in [1.29, 1.82) is 0 Å². The summed E-state index contributed by atoms with van der Waals surface area (Å²) in [6.45, 7) is 0. The summed E-state index contributed by atoms with van der Waals surface area (Å²) in [5.74, 6) is 0. The van der Waals surface area contributed by atoms with E-state index in [0.29, 0.717) is 0 Å². The Balaban J connectivity index is 1.01. The van der Waals surface area contributed by atoms with Gasteiger partial charge in [-0.1, -0.05) is 176 Å². The summed E-state index contributed by atoms with van der Waals surface area (Å²) in [6.07, 6.45) is 0. The Labute approximate surface area is 381 Å². The second-order valence-electron chi connectivity index (χ2n) is 17.0. The highest BCUT2D eigenvalue weighted by atomic mass is 14.7. The molecule has 0 saturated carbocycles. The fourth-order valence-corrected chi connectivity index (χ4v) is 9.67. The van der Waals surface area contributed by atoms with E-state index in [2.05, 4.69) is 206 Å². The maximum Gasteiger partial charge on any atom is 0.0788 e. The largest absolute Gasteiger partial charge is 0.248 e. The van der Waals surface area contributed by atoms with Gasteiger partial charge in [-0.15, -0.1) is 0 Å². The molecule has 0 aliphatic carbocycles. The van der Waals surface area contributed by atoms with Crippen LogP contribution in [0.25, 0.3) is 132 Å². The molecule has 0 spiro atoms. The molecule has 0 saturated heterocycles. The average molecular weight is 839 g/mol. The zero-order valence-electron chi connectivity index (χ0n) is 35.7. The third kappa shape index (κ3) is 6.55. The van der Waals surface area contributed by atoms with E-state index in [4.69, 9.17) is 19.9 Å². The predicted molar refractivity (Wildman–Crippen MR) is 275 cm³/mol. The molecule has 0 radical (unpaired) electrons. The number of fused-ring (bicyclic) bond motifs is 8. The van der Waals surface area contributed by atoms with Gasteiger partial charge in [-0.3, -0.25) is 0 Å². The van der Waals surface area contributed by atoms with Crippen LogP contribution >= 0.6 is 0 Å². The fourth-order valence-electron chi connectivity index (χ4n) is 9.67. The minimum absolute atomic E-state index is 0.886. The number of hydrogen-bond acceptors (Lipinski definition) is 4. The van der Waals surface area contributed by atoms with Crippen LogP contribution in [0.3, 0.4) is 0 Å². The molecule has 0 N–H and O–H groups in total. The summed E-state index contributed by atoms with van der Waals surface area (Å²) in [5, 5.41) is 10.5. The van der Waals surface area contributed by atoms with Crippen molar-refractivity contribution in [3.63, 3.8) is 0 Å². The molecule has 4 nitrogen and oxygen atoms in total. The molecule has 13 aromatic rings. The van der Waals surface area contributed by atoms with E-state index in [-0.39, 0.29) is 0 Å². The number of para-hydroxylation sites is 3. The van der Waals surface area contributed by atoms with Crippen LogP contribution in [0, 0.1) is 0 Å². The average Bonchev–Trinajstić information content (AvgIpc) is 3.39. The molecule has 0 atom stereocenters. The Morgan fingerprint density at radius 2 is 0.682 bits per heavy atom. The van der Waals surface area contributed by atoms with Gasteiger partial charge in [-0.2, -0.15) is 0 Å². The zero-order valence-corrected chi connectivity index (χ0v) is 35.7. The van der Waals surface area contributed by atoms with E-state index in [1.54, 1.807) is 0 Å². The topological polar surface area (TPSA) is 51.6 Å². The van der Waals surface area contributed by atoms with Crippen LogP contribution in [0.1, 0.15) is 0 Å². The van der Waals surface area contributed by atoms with Crippen LogP contribution in [-0.2, 0) is 0 Å². The third-order valence-electron chi connectivity index (χ3n) is 13.0. The number of benzene rings is 9. The molecule has 9 aromatic carbocycles. The summed E-state index contributed by atoms with van der Waals surface area (Å²) in [7, 11) is 0. The van der Waals surface area contributed by atoms with Gasteiger partial charge < -0.3 is 0 Å². The monoisotopic (exact) mass is 838 g/mol.